The predicted molar refractivity (Wildman–Crippen MR) is 139 cm³/mol. The van der Waals surface area contributed by atoms with Crippen LogP contribution in [0.3, 0.4) is 0 Å². The SMILES string of the molecule is O=C(CC1CCN(C/C=C/c2ccccc2)CC1)NC(c1ccccc1)c1cccc(C(=O)O)c1. The Labute approximate surface area is 207 Å². The topological polar surface area (TPSA) is 69.6 Å². The van der Waals surface area contributed by atoms with Crippen molar-refractivity contribution < 1.29 is 14.7 Å². The van der Waals surface area contributed by atoms with Gasteiger partial charge in [-0.2, -0.15) is 0 Å². The van der Waals surface area contributed by atoms with Crippen molar-refractivity contribution in [1.82, 2.24) is 10.2 Å². The van der Waals surface area contributed by atoms with Gasteiger partial charge in [0.2, 0.25) is 5.91 Å². The third-order valence-electron chi connectivity index (χ3n) is 6.56. The number of hydrogen-bond acceptors (Lipinski definition) is 3. The van der Waals surface area contributed by atoms with Crippen LogP contribution in [0.1, 0.15) is 52.4 Å². The van der Waals surface area contributed by atoms with Crippen LogP contribution in [0.15, 0.2) is 91.0 Å². The van der Waals surface area contributed by atoms with Gasteiger partial charge in [-0.1, -0.05) is 84.9 Å². The lowest BCUT2D eigenvalue weighted by Crippen LogP contribution is -2.37. The molecule has 0 saturated carbocycles. The molecule has 5 heteroatoms. The van der Waals surface area contributed by atoms with Gasteiger partial charge in [0.25, 0.3) is 0 Å². The van der Waals surface area contributed by atoms with Gasteiger partial charge < -0.3 is 10.4 Å². The van der Waals surface area contributed by atoms with Crippen molar-refractivity contribution in [3.05, 3.63) is 113 Å². The molecular weight excluding hydrogens is 436 g/mol. The van der Waals surface area contributed by atoms with Gasteiger partial charge >= 0.3 is 5.97 Å². The van der Waals surface area contributed by atoms with Gasteiger partial charge in [0, 0.05) is 13.0 Å². The summed E-state index contributed by atoms with van der Waals surface area (Å²) >= 11 is 0. The number of piperidine rings is 1. The zero-order chi connectivity index (χ0) is 24.5. The van der Waals surface area contributed by atoms with E-state index in [1.807, 2.05) is 54.6 Å². The summed E-state index contributed by atoms with van der Waals surface area (Å²) in [4.78, 5) is 26.9. The third-order valence-corrected chi connectivity index (χ3v) is 6.56. The highest BCUT2D eigenvalue weighted by Gasteiger charge is 2.23. The highest BCUT2D eigenvalue weighted by molar-refractivity contribution is 5.88. The average molecular weight is 469 g/mol. The zero-order valence-corrected chi connectivity index (χ0v) is 19.8. The minimum absolute atomic E-state index is 0.00186. The predicted octanol–water partition coefficient (Wildman–Crippen LogP) is 5.41. The van der Waals surface area contributed by atoms with E-state index in [-0.39, 0.29) is 17.5 Å². The molecule has 1 aliphatic heterocycles. The second-order valence-corrected chi connectivity index (χ2v) is 9.10. The molecule has 4 rings (SSSR count). The van der Waals surface area contributed by atoms with Crippen LogP contribution in [0.2, 0.25) is 0 Å². The van der Waals surface area contributed by atoms with E-state index in [9.17, 15) is 14.7 Å². The monoisotopic (exact) mass is 468 g/mol. The maximum atomic E-state index is 13.0. The van der Waals surface area contributed by atoms with Crippen molar-refractivity contribution >= 4 is 18.0 Å². The molecule has 3 aromatic carbocycles. The molecule has 1 heterocycles. The number of carbonyl (C=O) groups is 2. The van der Waals surface area contributed by atoms with Crippen LogP contribution in [0.4, 0.5) is 0 Å². The Hall–Kier alpha value is -3.70. The molecule has 0 spiro atoms. The summed E-state index contributed by atoms with van der Waals surface area (Å²) in [6, 6.07) is 26.4. The molecule has 1 atom stereocenters. The number of carboxylic acid groups (broad SMARTS) is 1. The fraction of sp³-hybridized carbons (Fsp3) is 0.267. The minimum atomic E-state index is -0.977. The maximum absolute atomic E-state index is 13.0. The van der Waals surface area contributed by atoms with Crippen LogP contribution in [0, 0.1) is 5.92 Å². The number of carboxylic acids is 1. The van der Waals surface area contributed by atoms with Gasteiger partial charge in [-0.05, 0) is 60.7 Å². The lowest BCUT2D eigenvalue weighted by atomic mass is 9.92. The van der Waals surface area contributed by atoms with Gasteiger partial charge in [-0.25, -0.2) is 4.79 Å². The molecule has 5 nitrogen and oxygen atoms in total. The lowest BCUT2D eigenvalue weighted by molar-refractivity contribution is -0.122. The van der Waals surface area contributed by atoms with E-state index in [1.54, 1.807) is 18.2 Å². The Morgan fingerprint density at radius 3 is 2.26 bits per heavy atom. The Morgan fingerprint density at radius 1 is 0.914 bits per heavy atom. The quantitative estimate of drug-likeness (QED) is 0.441. The van der Waals surface area contributed by atoms with E-state index >= 15 is 0 Å². The fourth-order valence-corrected chi connectivity index (χ4v) is 4.61. The Bertz CT molecular complexity index is 1140. The van der Waals surface area contributed by atoms with Gasteiger partial charge in [0.1, 0.15) is 0 Å². The van der Waals surface area contributed by atoms with Crippen LogP contribution >= 0.6 is 0 Å². The van der Waals surface area contributed by atoms with Crippen molar-refractivity contribution in [3.8, 4) is 0 Å². The van der Waals surface area contributed by atoms with Crippen molar-refractivity contribution in [2.45, 2.75) is 25.3 Å². The first kappa shape index (κ1) is 24.4. The first-order chi connectivity index (χ1) is 17.1. The van der Waals surface area contributed by atoms with Crippen LogP contribution in [0.5, 0.6) is 0 Å². The summed E-state index contributed by atoms with van der Waals surface area (Å²) in [6.45, 7) is 2.89. The number of amides is 1. The van der Waals surface area contributed by atoms with Crippen LogP contribution in [-0.2, 0) is 4.79 Å². The zero-order valence-electron chi connectivity index (χ0n) is 19.8. The normalized spacial score (nSPS) is 15.7. The largest absolute Gasteiger partial charge is 0.478 e. The highest BCUT2D eigenvalue weighted by Crippen LogP contribution is 2.25. The van der Waals surface area contributed by atoms with Gasteiger partial charge in [-0.3, -0.25) is 9.69 Å². The van der Waals surface area contributed by atoms with Crippen molar-refractivity contribution in [1.29, 1.82) is 0 Å². The number of nitrogens with zero attached hydrogens (tertiary/aromatic N) is 1. The Balaban J connectivity index is 1.32. The van der Waals surface area contributed by atoms with Crippen LogP contribution in [0.25, 0.3) is 6.08 Å². The van der Waals surface area contributed by atoms with Crippen LogP contribution < -0.4 is 5.32 Å². The van der Waals surface area contributed by atoms with Gasteiger partial charge in [0.05, 0.1) is 11.6 Å². The van der Waals surface area contributed by atoms with Crippen molar-refractivity contribution in [2.75, 3.05) is 19.6 Å². The first-order valence-corrected chi connectivity index (χ1v) is 12.2. The number of rotatable bonds is 9. The number of likely N-dealkylation sites (tertiary alicyclic amines) is 1. The second kappa shape index (κ2) is 12.1. The molecule has 1 amide bonds. The fourth-order valence-electron chi connectivity index (χ4n) is 4.61. The van der Waals surface area contributed by atoms with Crippen molar-refractivity contribution in [3.63, 3.8) is 0 Å². The smallest absolute Gasteiger partial charge is 0.335 e. The molecule has 35 heavy (non-hydrogen) atoms. The Morgan fingerprint density at radius 2 is 1.57 bits per heavy atom. The standard InChI is InChI=1S/C30H32N2O3/c33-28(21-24-16-19-32(20-17-24)18-8-11-23-9-3-1-4-10-23)31-29(25-12-5-2-6-13-25)26-14-7-15-27(22-26)30(34)35/h1-15,22,24,29H,16-21H2,(H,31,33)(H,34,35)/b11-8+. The molecule has 180 valence electrons. The molecule has 1 unspecified atom stereocenters. The number of hydrogen-bond donors (Lipinski definition) is 2. The average Bonchev–Trinajstić information content (AvgIpc) is 2.89. The molecule has 0 aromatic heterocycles. The van der Waals surface area contributed by atoms with Gasteiger partial charge in [0.15, 0.2) is 0 Å². The molecule has 2 N–H and O–H groups in total. The van der Waals surface area contributed by atoms with Crippen LogP contribution in [-0.4, -0.2) is 41.5 Å². The molecular formula is C30H32N2O3. The number of carbonyl (C=O) groups excluding carboxylic acids is 1. The van der Waals surface area contributed by atoms with E-state index in [4.69, 9.17) is 0 Å². The van der Waals surface area contributed by atoms with E-state index in [0.29, 0.717) is 12.3 Å². The first-order valence-electron chi connectivity index (χ1n) is 12.2. The van der Waals surface area contributed by atoms with E-state index in [2.05, 4.69) is 34.5 Å². The summed E-state index contributed by atoms with van der Waals surface area (Å²) in [6.07, 6.45) is 6.84. The lowest BCUT2D eigenvalue weighted by Gasteiger charge is -2.31. The molecule has 0 bridgehead atoms. The summed E-state index contributed by atoms with van der Waals surface area (Å²) in [5.74, 6) is -0.622. The number of benzene rings is 3. The highest BCUT2D eigenvalue weighted by atomic mass is 16.4. The third kappa shape index (κ3) is 7.14. The summed E-state index contributed by atoms with van der Waals surface area (Å²) < 4.78 is 0. The number of nitrogens with one attached hydrogen (secondary N) is 1. The van der Waals surface area contributed by atoms with E-state index in [0.717, 1.165) is 43.6 Å². The molecule has 1 aliphatic rings. The van der Waals surface area contributed by atoms with E-state index < -0.39 is 5.97 Å². The maximum Gasteiger partial charge on any atom is 0.335 e. The van der Waals surface area contributed by atoms with E-state index in [1.165, 1.54) is 5.56 Å². The second-order valence-electron chi connectivity index (χ2n) is 9.10. The molecule has 0 aliphatic carbocycles. The minimum Gasteiger partial charge on any atom is -0.478 e. The molecule has 1 fully saturated rings. The summed E-state index contributed by atoms with van der Waals surface area (Å²) in [5, 5.41) is 12.6. The summed E-state index contributed by atoms with van der Waals surface area (Å²) in [5.41, 5.74) is 3.13. The molecule has 1 saturated heterocycles. The summed E-state index contributed by atoms with van der Waals surface area (Å²) in [7, 11) is 0. The molecule has 3 aromatic rings. The van der Waals surface area contributed by atoms with Gasteiger partial charge in [-0.15, -0.1) is 0 Å². The Kier molecular flexibility index (Phi) is 8.47. The molecule has 0 radical (unpaired) electrons. The number of aromatic carboxylic acids is 1. The van der Waals surface area contributed by atoms with Crippen molar-refractivity contribution in [2.24, 2.45) is 5.92 Å².